The molecule has 0 bridgehead atoms. The fraction of sp³-hybridized carbons (Fsp3) is 0.167. The molecule has 0 saturated carbocycles. The predicted molar refractivity (Wildman–Crippen MR) is 71.0 cm³/mol. The maximum absolute atomic E-state index is 12.3. The Kier molecular flexibility index (Phi) is 4.30. The van der Waals surface area contributed by atoms with E-state index in [2.05, 4.69) is 20.3 Å². The number of benzene rings is 1. The van der Waals surface area contributed by atoms with Gasteiger partial charge in [-0.15, -0.1) is 5.10 Å². The number of nitrogens with zero attached hydrogens (tertiary/aromatic N) is 2. The quantitative estimate of drug-likeness (QED) is 0.651. The Morgan fingerprint density at radius 2 is 2.18 bits per heavy atom. The number of halogens is 2. The van der Waals surface area contributed by atoms with E-state index in [0.29, 0.717) is 5.56 Å². The molecule has 0 aliphatic heterocycles. The van der Waals surface area contributed by atoms with Crippen molar-refractivity contribution in [3.8, 4) is 5.75 Å². The van der Waals surface area contributed by atoms with Crippen molar-refractivity contribution < 1.29 is 23.2 Å². The molecule has 1 amide bonds. The maximum Gasteiger partial charge on any atom is 0.387 e. The summed E-state index contributed by atoms with van der Waals surface area (Å²) in [6.45, 7) is -1.36. The molecular formula is C12H10F2N4O4. The highest BCUT2D eigenvalue weighted by molar-refractivity contribution is 6.04. The lowest BCUT2D eigenvalue weighted by Gasteiger charge is -2.11. The van der Waals surface area contributed by atoms with Crippen molar-refractivity contribution in [1.29, 1.82) is 0 Å². The lowest BCUT2D eigenvalue weighted by molar-refractivity contribution is -0.389. The van der Waals surface area contributed by atoms with Crippen molar-refractivity contribution in [2.45, 2.75) is 13.5 Å². The topological polar surface area (TPSA) is 110 Å². The van der Waals surface area contributed by atoms with Crippen LogP contribution in [0.15, 0.2) is 24.3 Å². The molecule has 1 aromatic carbocycles. The van der Waals surface area contributed by atoms with Gasteiger partial charge in [0.2, 0.25) is 0 Å². The zero-order valence-corrected chi connectivity index (χ0v) is 11.2. The number of H-pyrrole nitrogens is 1. The van der Waals surface area contributed by atoms with Gasteiger partial charge < -0.3 is 20.2 Å². The van der Waals surface area contributed by atoms with Crippen LogP contribution in [-0.2, 0) is 0 Å². The van der Waals surface area contributed by atoms with E-state index in [0.717, 1.165) is 6.07 Å². The molecule has 0 aliphatic rings. The second kappa shape index (κ2) is 6.16. The van der Waals surface area contributed by atoms with Crippen LogP contribution < -0.4 is 10.1 Å². The van der Waals surface area contributed by atoms with Crippen LogP contribution in [0.1, 0.15) is 16.1 Å². The van der Waals surface area contributed by atoms with Crippen LogP contribution >= 0.6 is 0 Å². The number of nitro groups is 1. The Balaban J connectivity index is 2.23. The summed E-state index contributed by atoms with van der Waals surface area (Å²) in [6.07, 6.45) is 0. The van der Waals surface area contributed by atoms with Crippen LogP contribution in [0, 0.1) is 17.0 Å². The third kappa shape index (κ3) is 3.53. The van der Waals surface area contributed by atoms with Crippen LogP contribution in [0.5, 0.6) is 5.75 Å². The molecule has 22 heavy (non-hydrogen) atoms. The minimum atomic E-state index is -3.05. The van der Waals surface area contributed by atoms with Crippen LogP contribution in [0.2, 0.25) is 0 Å². The number of nitrogens with one attached hydrogen (secondary N) is 2. The Bertz CT molecular complexity index is 717. The average molecular weight is 312 g/mol. The highest BCUT2D eigenvalue weighted by atomic mass is 19.3. The number of amides is 1. The van der Waals surface area contributed by atoms with E-state index in [1.165, 1.54) is 18.2 Å². The van der Waals surface area contributed by atoms with Gasteiger partial charge in [-0.3, -0.25) is 4.79 Å². The first-order chi connectivity index (χ1) is 10.4. The zero-order chi connectivity index (χ0) is 16.3. The normalized spacial score (nSPS) is 10.5. The fourth-order valence-electron chi connectivity index (χ4n) is 1.65. The van der Waals surface area contributed by atoms with E-state index in [1.54, 1.807) is 6.92 Å². The molecule has 0 aliphatic carbocycles. The van der Waals surface area contributed by atoms with E-state index < -0.39 is 23.3 Å². The van der Waals surface area contributed by atoms with Crippen LogP contribution in [0.4, 0.5) is 20.3 Å². The summed E-state index contributed by atoms with van der Waals surface area (Å²) in [7, 11) is 0. The number of rotatable bonds is 5. The third-order valence-corrected chi connectivity index (χ3v) is 2.59. The molecule has 10 heteroatoms. The summed E-state index contributed by atoms with van der Waals surface area (Å²) in [5.41, 5.74) is 0.456. The Morgan fingerprint density at radius 1 is 1.45 bits per heavy atom. The molecule has 1 aromatic heterocycles. The standard InChI is InChI=1S/C12H10F2N4O4/c1-6-2-3-9(22-12(13)14)7(4-6)15-11(19)8-5-10(17-16-8)18(20)21/h2-5,12H,1H3,(H,15,19)(H,16,17). The average Bonchev–Trinajstić information content (AvgIpc) is 2.91. The van der Waals surface area contributed by atoms with Crippen LogP contribution in [0.25, 0.3) is 0 Å². The number of ether oxygens (including phenoxy) is 1. The number of hydrogen-bond donors (Lipinski definition) is 2. The van der Waals surface area contributed by atoms with E-state index in [4.69, 9.17) is 0 Å². The van der Waals surface area contributed by atoms with Crippen molar-refractivity contribution >= 4 is 17.4 Å². The maximum atomic E-state index is 12.3. The number of aryl methyl sites for hydroxylation is 1. The van der Waals surface area contributed by atoms with Gasteiger partial charge in [0.15, 0.2) is 5.69 Å². The second-order valence-electron chi connectivity index (χ2n) is 4.23. The minimum absolute atomic E-state index is 0.0101. The Morgan fingerprint density at radius 3 is 2.77 bits per heavy atom. The van der Waals surface area contributed by atoms with Gasteiger partial charge in [-0.25, -0.2) is 0 Å². The Labute approximate surface area is 122 Å². The first kappa shape index (κ1) is 15.4. The third-order valence-electron chi connectivity index (χ3n) is 2.59. The van der Waals surface area contributed by atoms with Crippen LogP contribution in [-0.4, -0.2) is 27.6 Å². The predicted octanol–water partition coefficient (Wildman–Crippen LogP) is 2.48. The molecule has 0 saturated heterocycles. The van der Waals surface area contributed by atoms with E-state index in [-0.39, 0.29) is 17.1 Å². The first-order valence-corrected chi connectivity index (χ1v) is 5.93. The van der Waals surface area contributed by atoms with Gasteiger partial charge >= 0.3 is 12.4 Å². The van der Waals surface area contributed by atoms with Crippen molar-refractivity contribution in [2.75, 3.05) is 5.32 Å². The second-order valence-corrected chi connectivity index (χ2v) is 4.23. The van der Waals surface area contributed by atoms with E-state index in [1.807, 2.05) is 0 Å². The molecule has 0 atom stereocenters. The Hall–Kier alpha value is -3.04. The van der Waals surface area contributed by atoms with Gasteiger partial charge in [-0.1, -0.05) is 11.2 Å². The largest absolute Gasteiger partial charge is 0.433 e. The lowest BCUT2D eigenvalue weighted by Crippen LogP contribution is -2.14. The number of anilines is 1. The summed E-state index contributed by atoms with van der Waals surface area (Å²) >= 11 is 0. The first-order valence-electron chi connectivity index (χ1n) is 5.93. The highest BCUT2D eigenvalue weighted by Crippen LogP contribution is 2.27. The highest BCUT2D eigenvalue weighted by Gasteiger charge is 2.18. The van der Waals surface area contributed by atoms with Gasteiger partial charge in [-0.05, 0) is 29.5 Å². The van der Waals surface area contributed by atoms with Gasteiger partial charge in [0.25, 0.3) is 5.91 Å². The molecular weight excluding hydrogens is 302 g/mol. The van der Waals surface area contributed by atoms with Crippen molar-refractivity contribution in [1.82, 2.24) is 10.2 Å². The number of carbonyl (C=O) groups is 1. The van der Waals surface area contributed by atoms with Crippen molar-refractivity contribution in [3.63, 3.8) is 0 Å². The van der Waals surface area contributed by atoms with E-state index in [9.17, 15) is 23.7 Å². The molecule has 0 unspecified atom stereocenters. The van der Waals surface area contributed by atoms with Crippen molar-refractivity contribution in [3.05, 3.63) is 45.6 Å². The SMILES string of the molecule is Cc1ccc(OC(F)F)c(NC(=O)c2cc([N+](=O)[O-])[nH]n2)c1. The van der Waals surface area contributed by atoms with Gasteiger partial charge in [0, 0.05) is 0 Å². The number of hydrogen-bond acceptors (Lipinski definition) is 5. The van der Waals surface area contributed by atoms with Crippen molar-refractivity contribution in [2.24, 2.45) is 0 Å². The summed E-state index contributed by atoms with van der Waals surface area (Å²) in [4.78, 5) is 21.7. The number of alkyl halides is 2. The number of carbonyl (C=O) groups excluding carboxylic acids is 1. The molecule has 1 heterocycles. The van der Waals surface area contributed by atoms with Crippen LogP contribution in [0.3, 0.4) is 0 Å². The molecule has 116 valence electrons. The monoisotopic (exact) mass is 312 g/mol. The lowest BCUT2D eigenvalue weighted by atomic mass is 10.2. The molecule has 2 N–H and O–H groups in total. The molecule has 2 aromatic rings. The van der Waals surface area contributed by atoms with Gasteiger partial charge in [0.1, 0.15) is 5.75 Å². The van der Waals surface area contributed by atoms with E-state index >= 15 is 0 Å². The summed E-state index contributed by atoms with van der Waals surface area (Å²) in [6, 6.07) is 5.17. The molecule has 0 spiro atoms. The summed E-state index contributed by atoms with van der Waals surface area (Å²) < 4.78 is 28.9. The molecule has 0 fully saturated rings. The van der Waals surface area contributed by atoms with Gasteiger partial charge in [0.05, 0.1) is 11.8 Å². The minimum Gasteiger partial charge on any atom is -0.433 e. The molecule has 2 rings (SSSR count). The zero-order valence-electron chi connectivity index (χ0n) is 11.2. The number of aromatic amines is 1. The summed E-state index contributed by atoms with van der Waals surface area (Å²) in [5.74, 6) is -1.48. The number of aromatic nitrogens is 2. The smallest absolute Gasteiger partial charge is 0.387 e. The van der Waals surface area contributed by atoms with Gasteiger partial charge in [-0.2, -0.15) is 8.78 Å². The summed E-state index contributed by atoms with van der Waals surface area (Å²) in [5, 5.41) is 18.4. The fourth-order valence-corrected chi connectivity index (χ4v) is 1.65. The molecule has 0 radical (unpaired) electrons. The molecule has 8 nitrogen and oxygen atoms in total.